The van der Waals surface area contributed by atoms with Crippen molar-refractivity contribution in [3.8, 4) is 12.3 Å². The molecule has 1 unspecified atom stereocenters. The Hall–Kier alpha value is -1.49. The van der Waals surface area contributed by atoms with Gasteiger partial charge in [0.25, 0.3) is 0 Å². The predicted octanol–water partition coefficient (Wildman–Crippen LogP) is 2.78. The standard InChI is InChI=1S/C14H18N2/c1-3-6-12(4-2)15-14-10-9-11-7-5-8-13(11)16-14/h1,9-10,12H,4-8H2,2H3,(H,15,16). The first kappa shape index (κ1) is 11.0. The van der Waals surface area contributed by atoms with Crippen molar-refractivity contribution in [3.63, 3.8) is 0 Å². The molecule has 84 valence electrons. The Morgan fingerprint density at radius 3 is 3.12 bits per heavy atom. The van der Waals surface area contributed by atoms with Crippen LogP contribution in [0, 0.1) is 12.3 Å². The van der Waals surface area contributed by atoms with Gasteiger partial charge in [0, 0.05) is 18.2 Å². The van der Waals surface area contributed by atoms with Gasteiger partial charge in [-0.25, -0.2) is 4.98 Å². The van der Waals surface area contributed by atoms with Crippen LogP contribution in [-0.2, 0) is 12.8 Å². The highest BCUT2D eigenvalue weighted by atomic mass is 15.0. The molecule has 16 heavy (non-hydrogen) atoms. The van der Waals surface area contributed by atoms with Crippen molar-refractivity contribution in [2.24, 2.45) is 0 Å². The van der Waals surface area contributed by atoms with Gasteiger partial charge in [-0.15, -0.1) is 12.3 Å². The molecule has 1 heterocycles. The van der Waals surface area contributed by atoms with Gasteiger partial charge in [-0.3, -0.25) is 0 Å². The Morgan fingerprint density at radius 2 is 2.38 bits per heavy atom. The molecule has 0 fully saturated rings. The van der Waals surface area contributed by atoms with Crippen LogP contribution in [0.4, 0.5) is 5.82 Å². The fraction of sp³-hybridized carbons (Fsp3) is 0.500. The predicted molar refractivity (Wildman–Crippen MR) is 67.4 cm³/mol. The molecule has 1 N–H and O–H groups in total. The largest absolute Gasteiger partial charge is 0.366 e. The van der Waals surface area contributed by atoms with Crippen LogP contribution in [0.1, 0.15) is 37.4 Å². The number of terminal acetylenes is 1. The number of hydrogen-bond donors (Lipinski definition) is 1. The normalized spacial score (nSPS) is 15.2. The van der Waals surface area contributed by atoms with Crippen LogP contribution in [0.2, 0.25) is 0 Å². The summed E-state index contributed by atoms with van der Waals surface area (Å²) in [6.07, 6.45) is 10.7. The first-order valence-electron chi connectivity index (χ1n) is 6.02. The molecule has 1 aliphatic rings. The lowest BCUT2D eigenvalue weighted by atomic mass is 10.1. The average molecular weight is 214 g/mol. The van der Waals surface area contributed by atoms with E-state index in [1.165, 1.54) is 24.1 Å². The van der Waals surface area contributed by atoms with Gasteiger partial charge in [-0.2, -0.15) is 0 Å². The summed E-state index contributed by atoms with van der Waals surface area (Å²) in [7, 11) is 0. The highest BCUT2D eigenvalue weighted by Crippen LogP contribution is 2.22. The summed E-state index contributed by atoms with van der Waals surface area (Å²) in [6.45, 7) is 2.14. The van der Waals surface area contributed by atoms with E-state index in [-0.39, 0.29) is 0 Å². The molecule has 1 atom stereocenters. The molecule has 1 aromatic heterocycles. The molecule has 0 aromatic carbocycles. The average Bonchev–Trinajstić information content (AvgIpc) is 2.75. The Balaban J connectivity index is 2.07. The molecule has 1 aromatic rings. The van der Waals surface area contributed by atoms with Crippen LogP contribution in [0.3, 0.4) is 0 Å². The van der Waals surface area contributed by atoms with E-state index in [9.17, 15) is 0 Å². The number of anilines is 1. The first-order chi connectivity index (χ1) is 7.83. The minimum atomic E-state index is 0.344. The van der Waals surface area contributed by atoms with Crippen molar-refractivity contribution >= 4 is 5.82 Å². The summed E-state index contributed by atoms with van der Waals surface area (Å²) in [5.41, 5.74) is 2.68. The van der Waals surface area contributed by atoms with E-state index in [1.807, 2.05) is 0 Å². The third kappa shape index (κ3) is 2.36. The molecule has 0 aliphatic heterocycles. The van der Waals surface area contributed by atoms with E-state index >= 15 is 0 Å². The van der Waals surface area contributed by atoms with Gasteiger partial charge in [0.05, 0.1) is 0 Å². The smallest absolute Gasteiger partial charge is 0.126 e. The van der Waals surface area contributed by atoms with Gasteiger partial charge >= 0.3 is 0 Å². The monoisotopic (exact) mass is 214 g/mol. The summed E-state index contributed by atoms with van der Waals surface area (Å²) in [4.78, 5) is 4.64. The quantitative estimate of drug-likeness (QED) is 0.780. The first-order valence-corrected chi connectivity index (χ1v) is 6.02. The zero-order valence-electron chi connectivity index (χ0n) is 9.79. The van der Waals surface area contributed by atoms with Crippen molar-refractivity contribution < 1.29 is 0 Å². The molecule has 0 amide bonds. The molecule has 2 nitrogen and oxygen atoms in total. The fourth-order valence-corrected chi connectivity index (χ4v) is 2.15. The Kier molecular flexibility index (Phi) is 3.46. The number of nitrogens with zero attached hydrogens (tertiary/aromatic N) is 1. The van der Waals surface area contributed by atoms with Crippen molar-refractivity contribution in [2.45, 2.75) is 45.1 Å². The van der Waals surface area contributed by atoms with Crippen LogP contribution >= 0.6 is 0 Å². The lowest BCUT2D eigenvalue weighted by Gasteiger charge is -2.15. The maximum atomic E-state index is 5.34. The van der Waals surface area contributed by atoms with Crippen molar-refractivity contribution in [1.82, 2.24) is 4.98 Å². The molecular weight excluding hydrogens is 196 g/mol. The summed E-state index contributed by atoms with van der Waals surface area (Å²) in [5.74, 6) is 3.68. The maximum Gasteiger partial charge on any atom is 0.126 e. The molecule has 0 saturated heterocycles. The molecular formula is C14H18N2. The summed E-state index contributed by atoms with van der Waals surface area (Å²) < 4.78 is 0. The van der Waals surface area contributed by atoms with Crippen molar-refractivity contribution in [1.29, 1.82) is 0 Å². The lowest BCUT2D eigenvalue weighted by Crippen LogP contribution is -2.18. The second-order valence-electron chi connectivity index (χ2n) is 4.31. The minimum Gasteiger partial charge on any atom is -0.366 e. The van der Waals surface area contributed by atoms with Crippen molar-refractivity contribution in [2.75, 3.05) is 5.32 Å². The molecule has 0 spiro atoms. The van der Waals surface area contributed by atoms with Crippen LogP contribution < -0.4 is 5.32 Å². The fourth-order valence-electron chi connectivity index (χ4n) is 2.15. The molecule has 2 heteroatoms. The number of rotatable bonds is 4. The van der Waals surface area contributed by atoms with E-state index < -0.39 is 0 Å². The van der Waals surface area contributed by atoms with Crippen LogP contribution in [0.15, 0.2) is 12.1 Å². The van der Waals surface area contributed by atoms with Gasteiger partial charge < -0.3 is 5.32 Å². The number of pyridine rings is 1. The minimum absolute atomic E-state index is 0.344. The maximum absolute atomic E-state index is 5.34. The highest BCUT2D eigenvalue weighted by Gasteiger charge is 2.13. The number of fused-ring (bicyclic) bond motifs is 1. The zero-order chi connectivity index (χ0) is 11.4. The number of nitrogens with one attached hydrogen (secondary N) is 1. The number of aryl methyl sites for hydroxylation is 2. The Bertz CT molecular complexity index is 404. The summed E-state index contributed by atoms with van der Waals surface area (Å²) in [5, 5.41) is 3.41. The molecule has 2 rings (SSSR count). The van der Waals surface area contributed by atoms with E-state index in [4.69, 9.17) is 6.42 Å². The van der Waals surface area contributed by atoms with Crippen LogP contribution in [-0.4, -0.2) is 11.0 Å². The zero-order valence-corrected chi connectivity index (χ0v) is 9.79. The number of aromatic nitrogens is 1. The van der Waals surface area contributed by atoms with Gasteiger partial charge in [-0.05, 0) is 37.3 Å². The van der Waals surface area contributed by atoms with E-state index in [0.29, 0.717) is 6.04 Å². The van der Waals surface area contributed by atoms with E-state index in [1.54, 1.807) is 0 Å². The van der Waals surface area contributed by atoms with Crippen LogP contribution in [0.25, 0.3) is 0 Å². The van der Waals surface area contributed by atoms with Gasteiger partial charge in [0.2, 0.25) is 0 Å². The third-order valence-electron chi connectivity index (χ3n) is 3.14. The third-order valence-corrected chi connectivity index (χ3v) is 3.14. The van der Waals surface area contributed by atoms with Gasteiger partial charge in [0.1, 0.15) is 5.82 Å². The molecule has 0 bridgehead atoms. The van der Waals surface area contributed by atoms with E-state index in [0.717, 1.165) is 25.1 Å². The molecule has 0 saturated carbocycles. The van der Waals surface area contributed by atoms with Gasteiger partial charge in [0.15, 0.2) is 0 Å². The van der Waals surface area contributed by atoms with Gasteiger partial charge in [-0.1, -0.05) is 13.0 Å². The van der Waals surface area contributed by atoms with Crippen molar-refractivity contribution in [3.05, 3.63) is 23.4 Å². The summed E-state index contributed by atoms with van der Waals surface area (Å²) in [6, 6.07) is 4.61. The molecule has 0 radical (unpaired) electrons. The SMILES string of the molecule is C#CCC(CC)Nc1ccc2c(n1)CCC2. The Labute approximate surface area is 97.5 Å². The second kappa shape index (κ2) is 5.03. The number of hydrogen-bond acceptors (Lipinski definition) is 2. The van der Waals surface area contributed by atoms with Crippen LogP contribution in [0.5, 0.6) is 0 Å². The highest BCUT2D eigenvalue weighted by molar-refractivity contribution is 5.41. The van der Waals surface area contributed by atoms with E-state index in [2.05, 4.69) is 35.3 Å². The Morgan fingerprint density at radius 1 is 1.50 bits per heavy atom. The lowest BCUT2D eigenvalue weighted by molar-refractivity contribution is 0.711. The summed E-state index contributed by atoms with van der Waals surface area (Å²) >= 11 is 0. The molecule has 1 aliphatic carbocycles. The topological polar surface area (TPSA) is 24.9 Å². The second-order valence-corrected chi connectivity index (χ2v) is 4.31.